The lowest BCUT2D eigenvalue weighted by Crippen LogP contribution is -2.24. The molecule has 0 atom stereocenters. The highest BCUT2D eigenvalue weighted by molar-refractivity contribution is 7.89. The highest BCUT2D eigenvalue weighted by Gasteiger charge is 2.21. The molecule has 8 heteroatoms. The van der Waals surface area contributed by atoms with E-state index in [0.717, 1.165) is 10.6 Å². The third kappa shape index (κ3) is 3.22. The maximum absolute atomic E-state index is 13.9. The smallest absolute Gasteiger partial charge is 0.241 e. The van der Waals surface area contributed by atoms with Gasteiger partial charge in [-0.3, -0.25) is 0 Å². The second kappa shape index (κ2) is 6.08. The molecule has 0 aliphatic rings. The van der Waals surface area contributed by atoms with Crippen molar-refractivity contribution in [2.75, 3.05) is 7.11 Å². The van der Waals surface area contributed by atoms with E-state index < -0.39 is 15.8 Å². The summed E-state index contributed by atoms with van der Waals surface area (Å²) in [5.74, 6) is -0.654. The Hall–Kier alpha value is -1.51. The highest BCUT2D eigenvalue weighted by atomic mass is 32.2. The number of hydrogen-bond acceptors (Lipinski definition) is 5. The summed E-state index contributed by atoms with van der Waals surface area (Å²) in [6.45, 7) is 3.34. The van der Waals surface area contributed by atoms with Crippen LogP contribution >= 0.6 is 11.3 Å². The molecule has 0 unspecified atom stereocenters. The van der Waals surface area contributed by atoms with Crippen molar-refractivity contribution in [1.82, 2.24) is 9.71 Å². The molecule has 0 saturated carbocycles. The number of methoxy groups -OCH3 is 1. The maximum Gasteiger partial charge on any atom is 0.241 e. The van der Waals surface area contributed by atoms with E-state index in [-0.39, 0.29) is 22.8 Å². The number of sulfonamides is 1. The molecule has 0 saturated heterocycles. The first kappa shape index (κ1) is 15.9. The number of benzene rings is 1. The number of rotatable bonds is 5. The van der Waals surface area contributed by atoms with Gasteiger partial charge in [-0.15, -0.1) is 11.3 Å². The number of aryl methyl sites for hydroxylation is 1. The van der Waals surface area contributed by atoms with Gasteiger partial charge in [-0.2, -0.15) is 0 Å². The van der Waals surface area contributed by atoms with E-state index in [4.69, 9.17) is 4.74 Å². The van der Waals surface area contributed by atoms with Crippen molar-refractivity contribution in [2.45, 2.75) is 25.3 Å². The fraction of sp³-hybridized carbons (Fsp3) is 0.308. The Morgan fingerprint density at radius 3 is 2.67 bits per heavy atom. The lowest BCUT2D eigenvalue weighted by molar-refractivity contribution is 0.384. The molecule has 5 nitrogen and oxygen atoms in total. The van der Waals surface area contributed by atoms with Gasteiger partial charge < -0.3 is 4.74 Å². The van der Waals surface area contributed by atoms with Crippen LogP contribution in [-0.4, -0.2) is 20.5 Å². The van der Waals surface area contributed by atoms with Gasteiger partial charge in [0.2, 0.25) is 10.0 Å². The molecule has 0 aliphatic heterocycles. The van der Waals surface area contributed by atoms with E-state index in [1.807, 2.05) is 0 Å². The minimum Gasteiger partial charge on any atom is -0.494 e. The van der Waals surface area contributed by atoms with Crippen molar-refractivity contribution in [1.29, 1.82) is 0 Å². The van der Waals surface area contributed by atoms with Crippen LogP contribution in [0.1, 0.15) is 16.1 Å². The average molecular weight is 330 g/mol. The Morgan fingerprint density at radius 1 is 1.38 bits per heavy atom. The molecule has 0 aliphatic carbocycles. The number of ether oxygens (including phenoxy) is 1. The molecule has 0 radical (unpaired) electrons. The molecule has 0 amide bonds. The normalized spacial score (nSPS) is 11.6. The van der Waals surface area contributed by atoms with Crippen LogP contribution in [-0.2, 0) is 16.6 Å². The van der Waals surface area contributed by atoms with E-state index in [0.29, 0.717) is 0 Å². The van der Waals surface area contributed by atoms with Crippen molar-refractivity contribution < 1.29 is 17.5 Å². The van der Waals surface area contributed by atoms with Crippen molar-refractivity contribution in [3.05, 3.63) is 39.6 Å². The molecular weight excluding hydrogens is 315 g/mol. The van der Waals surface area contributed by atoms with Gasteiger partial charge in [0, 0.05) is 17.0 Å². The van der Waals surface area contributed by atoms with Crippen molar-refractivity contribution in [2.24, 2.45) is 0 Å². The predicted molar refractivity (Wildman–Crippen MR) is 78.6 cm³/mol. The van der Waals surface area contributed by atoms with Crippen LogP contribution in [0.4, 0.5) is 4.39 Å². The van der Waals surface area contributed by atoms with E-state index in [1.165, 1.54) is 37.5 Å². The van der Waals surface area contributed by atoms with Gasteiger partial charge in [0.25, 0.3) is 0 Å². The molecule has 2 aromatic rings. The minimum absolute atomic E-state index is 0.0183. The van der Waals surface area contributed by atoms with Gasteiger partial charge in [0.05, 0.1) is 23.2 Å². The Labute approximate surface area is 126 Å². The molecule has 1 aromatic heterocycles. The number of aromatic nitrogens is 1. The topological polar surface area (TPSA) is 68.3 Å². The van der Waals surface area contributed by atoms with Crippen LogP contribution in [0.3, 0.4) is 0 Å². The molecule has 0 bridgehead atoms. The van der Waals surface area contributed by atoms with Gasteiger partial charge >= 0.3 is 0 Å². The molecule has 0 spiro atoms. The summed E-state index contributed by atoms with van der Waals surface area (Å²) in [6, 6.07) is 2.63. The SMILES string of the molecule is COc1ccc(S(=O)(=O)NCc2scnc2C)c(C)c1F. The van der Waals surface area contributed by atoms with Gasteiger partial charge in [-0.05, 0) is 26.0 Å². The number of nitrogens with one attached hydrogen (secondary N) is 1. The summed E-state index contributed by atoms with van der Waals surface area (Å²) < 4.78 is 45.8. The highest BCUT2D eigenvalue weighted by Crippen LogP contribution is 2.26. The van der Waals surface area contributed by atoms with E-state index in [9.17, 15) is 12.8 Å². The zero-order valence-corrected chi connectivity index (χ0v) is 13.4. The maximum atomic E-state index is 13.9. The van der Waals surface area contributed by atoms with E-state index >= 15 is 0 Å². The number of halogens is 1. The Morgan fingerprint density at radius 2 is 2.10 bits per heavy atom. The van der Waals surface area contributed by atoms with Gasteiger partial charge in [0.1, 0.15) is 0 Å². The van der Waals surface area contributed by atoms with Gasteiger partial charge in [-0.25, -0.2) is 22.5 Å². The quantitative estimate of drug-likeness (QED) is 0.914. The number of nitrogens with zero attached hydrogens (tertiary/aromatic N) is 1. The van der Waals surface area contributed by atoms with Crippen molar-refractivity contribution in [3.63, 3.8) is 0 Å². The Balaban J connectivity index is 2.28. The Bertz CT molecular complexity index is 757. The fourth-order valence-corrected chi connectivity index (χ4v) is 3.86. The van der Waals surface area contributed by atoms with E-state index in [2.05, 4.69) is 9.71 Å². The van der Waals surface area contributed by atoms with Crippen molar-refractivity contribution in [3.8, 4) is 5.75 Å². The summed E-state index contributed by atoms with van der Waals surface area (Å²) in [6.07, 6.45) is 0. The molecule has 1 aromatic carbocycles. The first-order chi connectivity index (χ1) is 9.86. The molecular formula is C13H15FN2O3S2. The Kier molecular flexibility index (Phi) is 4.60. The van der Waals surface area contributed by atoms with Crippen LogP contribution in [0.5, 0.6) is 5.75 Å². The number of thiazole rings is 1. The predicted octanol–water partition coefficient (Wildman–Crippen LogP) is 2.39. The third-order valence-corrected chi connectivity index (χ3v) is 5.56. The summed E-state index contributed by atoms with van der Waals surface area (Å²) in [5, 5.41) is 0. The van der Waals surface area contributed by atoms with Crippen LogP contribution in [0, 0.1) is 19.7 Å². The number of hydrogen-bond donors (Lipinski definition) is 1. The minimum atomic E-state index is -3.80. The second-order valence-electron chi connectivity index (χ2n) is 4.39. The summed E-state index contributed by atoms with van der Waals surface area (Å²) in [4.78, 5) is 4.78. The zero-order chi connectivity index (χ0) is 15.6. The molecule has 2 rings (SSSR count). The summed E-state index contributed by atoms with van der Waals surface area (Å²) >= 11 is 1.37. The first-order valence-electron chi connectivity index (χ1n) is 6.08. The van der Waals surface area contributed by atoms with Crippen LogP contribution in [0.25, 0.3) is 0 Å². The molecule has 1 N–H and O–H groups in total. The van der Waals surface area contributed by atoms with Crippen LogP contribution < -0.4 is 9.46 Å². The molecule has 1 heterocycles. The van der Waals surface area contributed by atoms with Gasteiger partial charge in [0.15, 0.2) is 11.6 Å². The monoisotopic (exact) mass is 330 g/mol. The zero-order valence-electron chi connectivity index (χ0n) is 11.8. The fourth-order valence-electron chi connectivity index (χ4n) is 1.83. The van der Waals surface area contributed by atoms with Crippen LogP contribution in [0.15, 0.2) is 22.5 Å². The molecule has 0 fully saturated rings. The summed E-state index contributed by atoms with van der Waals surface area (Å²) in [7, 11) is -2.47. The average Bonchev–Trinajstić information content (AvgIpc) is 2.85. The third-order valence-electron chi connectivity index (χ3n) is 3.08. The van der Waals surface area contributed by atoms with E-state index in [1.54, 1.807) is 12.4 Å². The summed E-state index contributed by atoms with van der Waals surface area (Å²) in [5.41, 5.74) is 2.46. The lowest BCUT2D eigenvalue weighted by atomic mass is 10.2. The lowest BCUT2D eigenvalue weighted by Gasteiger charge is -2.11. The van der Waals surface area contributed by atoms with Gasteiger partial charge in [-0.1, -0.05) is 0 Å². The standard InChI is InChI=1S/C13H15FN2O3S2/c1-8-12(5-4-10(19-3)13(8)14)21(17,18)16-6-11-9(2)15-7-20-11/h4-5,7,16H,6H2,1-3H3. The second-order valence-corrected chi connectivity index (χ2v) is 7.07. The molecule has 21 heavy (non-hydrogen) atoms. The van der Waals surface area contributed by atoms with Crippen molar-refractivity contribution >= 4 is 21.4 Å². The largest absolute Gasteiger partial charge is 0.494 e. The first-order valence-corrected chi connectivity index (χ1v) is 8.45. The molecule has 114 valence electrons. The van der Waals surface area contributed by atoms with Crippen LogP contribution in [0.2, 0.25) is 0 Å².